The van der Waals surface area contributed by atoms with Crippen molar-refractivity contribution in [1.82, 2.24) is 0 Å². The molecule has 0 aromatic heterocycles. The van der Waals surface area contributed by atoms with Gasteiger partial charge in [0.15, 0.2) is 12.1 Å². The van der Waals surface area contributed by atoms with Crippen molar-refractivity contribution >= 4 is 5.78 Å². The van der Waals surface area contributed by atoms with Gasteiger partial charge in [-0.1, -0.05) is 0 Å². The first-order chi connectivity index (χ1) is 10.8. The zero-order valence-electron chi connectivity index (χ0n) is 12.0. The Morgan fingerprint density at radius 2 is 1.61 bits per heavy atom. The fraction of sp³-hybridized carbons (Fsp3) is 0.917. The lowest BCUT2D eigenvalue weighted by Gasteiger charge is -2.41. The van der Waals surface area contributed by atoms with E-state index in [0.29, 0.717) is 0 Å². The molecular formula is C12H22O11. The highest BCUT2D eigenvalue weighted by Crippen LogP contribution is 2.24. The van der Waals surface area contributed by atoms with Crippen LogP contribution in [-0.4, -0.2) is 115 Å². The molecule has 11 nitrogen and oxygen atoms in total. The summed E-state index contributed by atoms with van der Waals surface area (Å²) in [7, 11) is 0. The molecule has 1 heterocycles. The molecule has 136 valence electrons. The molecule has 0 bridgehead atoms. The molecular weight excluding hydrogens is 320 g/mol. The molecule has 8 atom stereocenters. The molecule has 1 saturated heterocycles. The van der Waals surface area contributed by atoms with E-state index in [1.165, 1.54) is 0 Å². The molecule has 1 fully saturated rings. The highest BCUT2D eigenvalue weighted by Gasteiger charge is 2.46. The third kappa shape index (κ3) is 4.64. The molecule has 0 aliphatic carbocycles. The Morgan fingerprint density at radius 3 is 2.09 bits per heavy atom. The van der Waals surface area contributed by atoms with Crippen LogP contribution in [0.25, 0.3) is 0 Å². The predicted octanol–water partition coefficient (Wildman–Crippen LogP) is -5.55. The summed E-state index contributed by atoms with van der Waals surface area (Å²) in [6.07, 6.45) is -13.9. The number of aliphatic hydroxyl groups is 8. The fourth-order valence-corrected chi connectivity index (χ4v) is 2.05. The molecule has 0 aromatic rings. The minimum atomic E-state index is -1.91. The number of carbonyl (C=O) groups is 1. The van der Waals surface area contributed by atoms with Gasteiger partial charge in [0.2, 0.25) is 0 Å². The van der Waals surface area contributed by atoms with E-state index < -0.39 is 74.6 Å². The number of hydrogen-bond donors (Lipinski definition) is 8. The van der Waals surface area contributed by atoms with Crippen LogP contribution >= 0.6 is 0 Å². The quantitative estimate of drug-likeness (QED) is 0.209. The molecule has 0 amide bonds. The van der Waals surface area contributed by atoms with Crippen LogP contribution in [0.4, 0.5) is 0 Å². The van der Waals surface area contributed by atoms with Crippen molar-refractivity contribution in [2.45, 2.75) is 49.0 Å². The minimum absolute atomic E-state index is 0.731. The third-order valence-corrected chi connectivity index (χ3v) is 3.45. The average Bonchev–Trinajstić information content (AvgIpc) is 2.57. The molecule has 0 unspecified atom stereocenters. The van der Waals surface area contributed by atoms with Crippen LogP contribution in [0.1, 0.15) is 0 Å². The van der Waals surface area contributed by atoms with Gasteiger partial charge in [0.25, 0.3) is 0 Å². The molecule has 1 aliphatic rings. The smallest absolute Gasteiger partial charge is 0.195 e. The van der Waals surface area contributed by atoms with E-state index >= 15 is 0 Å². The second kappa shape index (κ2) is 8.94. The number of rotatable bonds is 8. The van der Waals surface area contributed by atoms with E-state index in [1.807, 2.05) is 0 Å². The van der Waals surface area contributed by atoms with Gasteiger partial charge in [-0.2, -0.15) is 0 Å². The second-order valence-corrected chi connectivity index (χ2v) is 5.10. The number of Topliss-reactive ketones (excluding diaryl/α,β-unsaturated/α-hetero) is 1. The van der Waals surface area contributed by atoms with Crippen molar-refractivity contribution in [2.75, 3.05) is 19.8 Å². The van der Waals surface area contributed by atoms with Gasteiger partial charge >= 0.3 is 0 Å². The molecule has 11 heteroatoms. The first kappa shape index (κ1) is 20.3. The number of ketones is 1. The fourth-order valence-electron chi connectivity index (χ4n) is 2.05. The summed E-state index contributed by atoms with van der Waals surface area (Å²) in [6, 6.07) is 0. The maximum absolute atomic E-state index is 11.8. The van der Waals surface area contributed by atoms with E-state index in [-0.39, 0.29) is 0 Å². The lowest BCUT2D eigenvalue weighted by Crippen LogP contribution is -2.61. The van der Waals surface area contributed by atoms with Crippen molar-refractivity contribution in [3.8, 4) is 0 Å². The Balaban J connectivity index is 2.91. The highest BCUT2D eigenvalue weighted by atomic mass is 16.7. The monoisotopic (exact) mass is 342 g/mol. The summed E-state index contributed by atoms with van der Waals surface area (Å²) in [4.78, 5) is 11.8. The van der Waals surface area contributed by atoms with Gasteiger partial charge < -0.3 is 50.3 Å². The van der Waals surface area contributed by atoms with Crippen molar-refractivity contribution < 1.29 is 55.1 Å². The van der Waals surface area contributed by atoms with Crippen LogP contribution in [-0.2, 0) is 14.3 Å². The molecule has 0 aromatic carbocycles. The van der Waals surface area contributed by atoms with Crippen LogP contribution in [0.3, 0.4) is 0 Å². The van der Waals surface area contributed by atoms with E-state index in [4.69, 9.17) is 24.8 Å². The van der Waals surface area contributed by atoms with E-state index in [1.54, 1.807) is 0 Å². The van der Waals surface area contributed by atoms with Crippen LogP contribution in [0.2, 0.25) is 0 Å². The summed E-state index contributed by atoms with van der Waals surface area (Å²) in [6.45, 7) is -2.64. The van der Waals surface area contributed by atoms with Gasteiger partial charge in [0, 0.05) is 0 Å². The van der Waals surface area contributed by atoms with Gasteiger partial charge in [0.1, 0.15) is 42.7 Å². The van der Waals surface area contributed by atoms with Crippen molar-refractivity contribution in [2.24, 2.45) is 0 Å². The maximum Gasteiger partial charge on any atom is 0.195 e. The number of carbonyl (C=O) groups excluding carboxylic acids is 1. The Labute approximate surface area is 130 Å². The number of aliphatic hydroxyl groups excluding tert-OH is 8. The molecule has 1 rings (SSSR count). The lowest BCUT2D eigenvalue weighted by atomic mass is 9.99. The minimum Gasteiger partial charge on any atom is -0.394 e. The van der Waals surface area contributed by atoms with E-state index in [2.05, 4.69) is 0 Å². The predicted molar refractivity (Wildman–Crippen MR) is 69.8 cm³/mol. The van der Waals surface area contributed by atoms with Crippen molar-refractivity contribution in [3.05, 3.63) is 0 Å². The zero-order chi connectivity index (χ0) is 17.7. The highest BCUT2D eigenvalue weighted by molar-refractivity contribution is 5.87. The first-order valence-electron chi connectivity index (χ1n) is 6.86. The van der Waals surface area contributed by atoms with Crippen LogP contribution in [0.15, 0.2) is 0 Å². The van der Waals surface area contributed by atoms with Crippen molar-refractivity contribution in [1.29, 1.82) is 0 Å². The zero-order valence-corrected chi connectivity index (χ0v) is 12.0. The van der Waals surface area contributed by atoms with E-state index in [9.17, 15) is 30.3 Å². The second-order valence-electron chi connectivity index (χ2n) is 5.10. The topological polar surface area (TPSA) is 197 Å². The van der Waals surface area contributed by atoms with Crippen LogP contribution < -0.4 is 0 Å². The Bertz CT molecular complexity index is 376. The van der Waals surface area contributed by atoms with Gasteiger partial charge in [-0.05, 0) is 0 Å². The molecule has 0 radical (unpaired) electrons. The standard InChI is InChI=1S/C12H22O11/c13-1-4(16)7(18)11(5(17)2-14)23-12-10(21)9(20)8(19)6(3-15)22-12/h4-6,8-17,19-21H,1-3H2/t4-,5+,6+,8-,9-,10+,11-,12-/m0/s1. The first-order valence-corrected chi connectivity index (χ1v) is 6.86. The average molecular weight is 342 g/mol. The van der Waals surface area contributed by atoms with Gasteiger partial charge in [-0.3, -0.25) is 4.79 Å². The van der Waals surface area contributed by atoms with Crippen LogP contribution in [0, 0.1) is 0 Å². The molecule has 1 aliphatic heterocycles. The number of ether oxygens (including phenoxy) is 2. The number of hydrogen-bond acceptors (Lipinski definition) is 11. The largest absolute Gasteiger partial charge is 0.394 e. The maximum atomic E-state index is 11.8. The summed E-state index contributed by atoms with van der Waals surface area (Å²) >= 11 is 0. The molecule has 23 heavy (non-hydrogen) atoms. The van der Waals surface area contributed by atoms with Gasteiger partial charge in [-0.15, -0.1) is 0 Å². The summed E-state index contributed by atoms with van der Waals surface area (Å²) in [5.41, 5.74) is 0. The summed E-state index contributed by atoms with van der Waals surface area (Å²) < 4.78 is 10.0. The normalized spacial score (nSPS) is 35.6. The SMILES string of the molecule is O=C([C@@H](O[C@@H]1O[C@H](CO)[C@H](O)[C@H](O)[C@H]1O)[C@H](O)CO)[C@@H](O)CO. The van der Waals surface area contributed by atoms with Gasteiger partial charge in [0.05, 0.1) is 19.8 Å². The molecule has 0 saturated carbocycles. The van der Waals surface area contributed by atoms with Crippen molar-refractivity contribution in [3.63, 3.8) is 0 Å². The van der Waals surface area contributed by atoms with E-state index in [0.717, 1.165) is 0 Å². The Morgan fingerprint density at radius 1 is 1.00 bits per heavy atom. The van der Waals surface area contributed by atoms with Crippen LogP contribution in [0.5, 0.6) is 0 Å². The third-order valence-electron chi connectivity index (χ3n) is 3.45. The lowest BCUT2D eigenvalue weighted by molar-refractivity contribution is -0.314. The Hall–Kier alpha value is -0.730. The summed E-state index contributed by atoms with van der Waals surface area (Å²) in [5.74, 6) is -1.19. The molecule has 0 spiro atoms. The Kier molecular flexibility index (Phi) is 7.89. The summed E-state index contributed by atoms with van der Waals surface area (Å²) in [5, 5.41) is 74.7. The molecule has 8 N–H and O–H groups in total. The van der Waals surface area contributed by atoms with Gasteiger partial charge in [-0.25, -0.2) is 0 Å².